The minimum Gasteiger partial charge on any atom is -0.478 e. The molecule has 2 rings (SSSR count). The second-order valence-corrected chi connectivity index (χ2v) is 6.99. The fraction of sp³-hybridized carbons (Fsp3) is 0.647. The van der Waals surface area contributed by atoms with Gasteiger partial charge in [-0.15, -0.1) is 0 Å². The number of hydrogen-bond acceptors (Lipinski definition) is 4. The zero-order valence-corrected chi connectivity index (χ0v) is 13.8. The predicted octanol–water partition coefficient (Wildman–Crippen LogP) is 2.90. The van der Waals surface area contributed by atoms with Crippen LogP contribution in [0.15, 0.2) is 24.8 Å². The molecule has 0 radical (unpaired) electrons. The van der Waals surface area contributed by atoms with E-state index in [0.717, 1.165) is 18.9 Å². The van der Waals surface area contributed by atoms with E-state index < -0.39 is 17.7 Å². The fourth-order valence-corrected chi connectivity index (χ4v) is 3.61. The van der Waals surface area contributed by atoms with Gasteiger partial charge in [-0.05, 0) is 31.1 Å². The molecule has 0 aromatic heterocycles. The number of hydrogen-bond donors (Lipinski definition) is 2. The first-order chi connectivity index (χ1) is 9.91. The summed E-state index contributed by atoms with van der Waals surface area (Å²) >= 11 is 0. The summed E-state index contributed by atoms with van der Waals surface area (Å²) in [4.78, 5) is 20.9. The zero-order chi connectivity index (χ0) is 17.3. The Bertz CT molecular complexity index is 507. The topological polar surface area (TPSA) is 83.8 Å². The molecule has 0 aliphatic heterocycles. The molecule has 0 aromatic carbocycles. The molecule has 2 aliphatic rings. The predicted molar refractivity (Wildman–Crippen MR) is 82.9 cm³/mol. The van der Waals surface area contributed by atoms with E-state index in [0.29, 0.717) is 17.9 Å². The highest BCUT2D eigenvalue weighted by Crippen LogP contribution is 2.69. The van der Waals surface area contributed by atoms with Gasteiger partial charge in [-0.2, -0.15) is 0 Å². The van der Waals surface area contributed by atoms with Gasteiger partial charge < -0.3 is 14.9 Å². The van der Waals surface area contributed by atoms with Crippen LogP contribution in [0, 0.1) is 16.7 Å². The lowest BCUT2D eigenvalue weighted by Crippen LogP contribution is -2.50. The first-order valence-corrected chi connectivity index (χ1v) is 7.38. The van der Waals surface area contributed by atoms with Gasteiger partial charge in [0.05, 0.1) is 0 Å². The number of ether oxygens (including phenoxy) is 1. The van der Waals surface area contributed by atoms with Gasteiger partial charge in [0.2, 0.25) is 5.79 Å². The molecule has 0 amide bonds. The molecule has 0 aromatic rings. The van der Waals surface area contributed by atoms with Gasteiger partial charge in [-0.25, -0.2) is 9.59 Å². The molecule has 0 spiro atoms. The zero-order valence-electron chi connectivity index (χ0n) is 13.8. The van der Waals surface area contributed by atoms with Gasteiger partial charge in [0, 0.05) is 23.5 Å². The van der Waals surface area contributed by atoms with Crippen LogP contribution in [-0.2, 0) is 14.3 Å². The van der Waals surface area contributed by atoms with Crippen molar-refractivity contribution in [3.05, 3.63) is 24.8 Å². The van der Waals surface area contributed by atoms with E-state index >= 15 is 0 Å². The number of aliphatic carboxylic acids is 1. The van der Waals surface area contributed by atoms with E-state index in [1.807, 2.05) is 6.92 Å². The lowest BCUT2D eigenvalue weighted by Gasteiger charge is -2.43. The van der Waals surface area contributed by atoms with Crippen molar-refractivity contribution >= 4 is 11.9 Å². The number of carboxylic acids is 1. The Hall–Kier alpha value is -1.62. The summed E-state index contributed by atoms with van der Waals surface area (Å²) in [5.41, 5.74) is -0.00465. The average Bonchev–Trinajstić information content (AvgIpc) is 2.70. The van der Waals surface area contributed by atoms with Crippen molar-refractivity contribution in [2.45, 2.75) is 52.7 Å². The van der Waals surface area contributed by atoms with Crippen LogP contribution in [0.4, 0.5) is 0 Å². The Morgan fingerprint density at radius 1 is 1.32 bits per heavy atom. The van der Waals surface area contributed by atoms with E-state index in [4.69, 9.17) is 9.84 Å². The van der Waals surface area contributed by atoms with E-state index in [-0.39, 0.29) is 10.8 Å². The maximum atomic E-state index is 11.7. The van der Waals surface area contributed by atoms with Gasteiger partial charge in [0.25, 0.3) is 0 Å². The lowest BCUT2D eigenvalue weighted by molar-refractivity contribution is -0.258. The molecule has 5 nitrogen and oxygen atoms in total. The van der Waals surface area contributed by atoms with E-state index in [9.17, 15) is 14.7 Å². The number of aliphatic hydroxyl groups is 1. The smallest absolute Gasteiger partial charge is 0.335 e. The van der Waals surface area contributed by atoms with Crippen LogP contribution in [0.25, 0.3) is 0 Å². The quantitative estimate of drug-likeness (QED) is 0.476. The Morgan fingerprint density at radius 2 is 1.82 bits per heavy atom. The maximum Gasteiger partial charge on any atom is 0.335 e. The van der Waals surface area contributed by atoms with Gasteiger partial charge in [0.1, 0.15) is 0 Å². The third-order valence-electron chi connectivity index (χ3n) is 5.61. The number of carbonyl (C=O) groups excluding carboxylic acids is 1. The van der Waals surface area contributed by atoms with E-state index in [2.05, 4.69) is 27.0 Å². The van der Waals surface area contributed by atoms with Gasteiger partial charge >= 0.3 is 11.9 Å². The Morgan fingerprint density at radius 3 is 2.09 bits per heavy atom. The van der Waals surface area contributed by atoms with Crippen LogP contribution < -0.4 is 0 Å². The summed E-state index contributed by atoms with van der Waals surface area (Å²) < 4.78 is 5.35. The Labute approximate surface area is 131 Å². The van der Waals surface area contributed by atoms with Crippen molar-refractivity contribution in [2.24, 2.45) is 16.7 Å². The van der Waals surface area contributed by atoms with Crippen molar-refractivity contribution in [3.63, 3.8) is 0 Å². The highest BCUT2D eigenvalue weighted by atomic mass is 16.7. The highest BCUT2D eigenvalue weighted by molar-refractivity contribution is 5.87. The van der Waals surface area contributed by atoms with E-state index in [1.54, 1.807) is 6.92 Å². The van der Waals surface area contributed by atoms with Gasteiger partial charge in [-0.3, -0.25) is 0 Å². The molecular formula is C17H26O5. The van der Waals surface area contributed by atoms with Crippen LogP contribution in [0.3, 0.4) is 0 Å². The molecular weight excluding hydrogens is 284 g/mol. The molecule has 0 unspecified atom stereocenters. The number of carboxylic acid groups (broad SMARTS) is 1. The molecule has 3 atom stereocenters. The molecule has 5 heteroatoms. The minimum absolute atomic E-state index is 0.0110. The molecule has 2 fully saturated rings. The average molecular weight is 310 g/mol. The number of carbonyl (C=O) groups is 2. The lowest BCUT2D eigenvalue weighted by atomic mass is 9.68. The molecule has 0 heterocycles. The molecule has 2 N–H and O–H groups in total. The molecule has 0 saturated heterocycles. The minimum atomic E-state index is -1.32. The number of rotatable bonds is 3. The standard InChI is InChI=1S/C14H22O3.C3H4O2/c1-9(2)11(15)17-14(16)8-10-6-7-13(14,5)12(10,3)4;1-2-3(4)5/h10,16H,1,6-8H2,2-5H3;2H,1H2,(H,4,5)/t10-,13-,14-;/m1./s1. The summed E-state index contributed by atoms with van der Waals surface area (Å²) in [5, 5.41) is 18.3. The van der Waals surface area contributed by atoms with Crippen LogP contribution in [-0.4, -0.2) is 27.9 Å². The van der Waals surface area contributed by atoms with Gasteiger partial charge in [0.15, 0.2) is 0 Å². The molecule has 22 heavy (non-hydrogen) atoms. The van der Waals surface area contributed by atoms with E-state index in [1.165, 1.54) is 0 Å². The number of esters is 1. The van der Waals surface area contributed by atoms with Crippen molar-refractivity contribution in [1.82, 2.24) is 0 Å². The first-order valence-electron chi connectivity index (χ1n) is 7.38. The summed E-state index contributed by atoms with van der Waals surface area (Å²) in [6, 6.07) is 0. The summed E-state index contributed by atoms with van der Waals surface area (Å²) in [5.74, 6) is -2.37. The largest absolute Gasteiger partial charge is 0.478 e. The molecule has 2 saturated carbocycles. The highest BCUT2D eigenvalue weighted by Gasteiger charge is 2.70. The fourth-order valence-electron chi connectivity index (χ4n) is 3.61. The van der Waals surface area contributed by atoms with Crippen LogP contribution in [0.2, 0.25) is 0 Å². The van der Waals surface area contributed by atoms with Crippen LogP contribution in [0.5, 0.6) is 0 Å². The second kappa shape index (κ2) is 5.88. The summed E-state index contributed by atoms with van der Waals surface area (Å²) in [6.45, 7) is 14.5. The summed E-state index contributed by atoms with van der Waals surface area (Å²) in [7, 11) is 0. The van der Waals surface area contributed by atoms with Crippen LogP contribution in [0.1, 0.15) is 47.0 Å². The summed E-state index contributed by atoms with van der Waals surface area (Å²) in [6.07, 6.45) is 3.40. The number of fused-ring (bicyclic) bond motifs is 2. The Balaban J connectivity index is 0.000000422. The monoisotopic (exact) mass is 310 g/mol. The van der Waals surface area contributed by atoms with Crippen molar-refractivity contribution in [3.8, 4) is 0 Å². The third-order valence-corrected chi connectivity index (χ3v) is 5.61. The van der Waals surface area contributed by atoms with Gasteiger partial charge in [-0.1, -0.05) is 33.9 Å². The van der Waals surface area contributed by atoms with Crippen molar-refractivity contribution in [1.29, 1.82) is 0 Å². The molecule has 2 aliphatic carbocycles. The molecule has 124 valence electrons. The van der Waals surface area contributed by atoms with Crippen molar-refractivity contribution in [2.75, 3.05) is 0 Å². The Kier molecular flexibility index (Phi) is 4.92. The van der Waals surface area contributed by atoms with Crippen molar-refractivity contribution < 1.29 is 24.5 Å². The second-order valence-electron chi connectivity index (χ2n) is 6.99. The van der Waals surface area contributed by atoms with Crippen LogP contribution >= 0.6 is 0 Å². The molecule has 2 bridgehead atoms. The third kappa shape index (κ3) is 2.82. The normalized spacial score (nSPS) is 34.3. The SMILES string of the molecule is C=C(C)C(=O)O[C@]1(O)C[C@H]2CC[C@]1(C)C2(C)C.C=CC(=O)O. The maximum absolute atomic E-state index is 11.7. The first kappa shape index (κ1) is 18.4.